The van der Waals surface area contributed by atoms with Crippen LogP contribution in [0.4, 0.5) is 0 Å². The number of hydrogen-bond acceptors (Lipinski definition) is 2. The molecule has 0 radical (unpaired) electrons. The van der Waals surface area contributed by atoms with Crippen LogP contribution in [0.25, 0.3) is 12.2 Å². The van der Waals surface area contributed by atoms with Crippen molar-refractivity contribution >= 4 is 18.0 Å². The average Bonchev–Trinajstić information content (AvgIpc) is 2.64. The molecule has 0 atom stereocenters. The van der Waals surface area contributed by atoms with Gasteiger partial charge in [0.1, 0.15) is 5.84 Å². The van der Waals surface area contributed by atoms with Crippen LogP contribution in [0, 0.1) is 0 Å². The molecule has 5 heteroatoms. The molecule has 2 aliphatic heterocycles. The Morgan fingerprint density at radius 2 is 1.92 bits per heavy atom. The van der Waals surface area contributed by atoms with Gasteiger partial charge in [-0.2, -0.15) is 0 Å². The molecule has 1 fully saturated rings. The number of aliphatic imine (C=N–C) groups is 1. The highest BCUT2D eigenvalue weighted by molar-refractivity contribution is 5.97. The monoisotopic (exact) mass is 353 g/mol. The average molecular weight is 354 g/mol. The first-order valence-electron chi connectivity index (χ1n) is 9.46. The number of hydrogen-bond donors (Lipinski definition) is 1. The summed E-state index contributed by atoms with van der Waals surface area (Å²) in [5.41, 5.74) is 2.52. The minimum absolute atomic E-state index is 0.840. The summed E-state index contributed by atoms with van der Waals surface area (Å²) < 4.78 is 2.10. The Morgan fingerprint density at radius 1 is 1.15 bits per heavy atom. The molecule has 0 bridgehead atoms. The highest BCUT2D eigenvalue weighted by Gasteiger charge is 2.12. The summed E-state index contributed by atoms with van der Waals surface area (Å²) >= 11 is 0. The second-order valence-electron chi connectivity index (χ2n) is 7.23. The number of H-pyrrole nitrogens is 1. The third-order valence-electron chi connectivity index (χ3n) is 5.28. The normalized spacial score (nSPS) is 22.0. The van der Waals surface area contributed by atoms with E-state index in [4.69, 9.17) is 0 Å². The van der Waals surface area contributed by atoms with Gasteiger partial charge in [-0.05, 0) is 60.2 Å². The maximum absolute atomic E-state index is 4.37. The van der Waals surface area contributed by atoms with Gasteiger partial charge in [0.15, 0.2) is 0 Å². The number of aromatic nitrogens is 2. The summed E-state index contributed by atoms with van der Waals surface area (Å²) in [6, 6.07) is 4.35. The van der Waals surface area contributed by atoms with Gasteiger partial charge < -0.3 is 10.00 Å². The van der Waals surface area contributed by atoms with E-state index >= 15 is 0 Å². The van der Waals surface area contributed by atoms with Gasteiger partial charge in [-0.25, -0.2) is 0 Å². The van der Waals surface area contributed by atoms with E-state index in [1.54, 1.807) is 0 Å². The van der Waals surface area contributed by atoms with Gasteiger partial charge >= 0.3 is 0 Å². The molecule has 140 valence electrons. The second-order valence-corrected chi connectivity index (χ2v) is 7.23. The molecule has 0 saturated carbocycles. The lowest BCUT2D eigenvalue weighted by atomic mass is 10.1. The van der Waals surface area contributed by atoms with E-state index in [1.807, 2.05) is 13.2 Å². The smallest absolute Gasteiger partial charge is 0.123 e. The van der Waals surface area contributed by atoms with E-state index in [9.17, 15) is 0 Å². The predicted molar refractivity (Wildman–Crippen MR) is 110 cm³/mol. The molecule has 0 unspecified atom stereocenters. The van der Waals surface area contributed by atoms with Gasteiger partial charge in [-0.3, -0.25) is 14.6 Å². The summed E-state index contributed by atoms with van der Waals surface area (Å²) in [6.45, 7) is 8.55. The van der Waals surface area contributed by atoms with Crippen molar-refractivity contribution in [3.63, 3.8) is 0 Å². The van der Waals surface area contributed by atoms with E-state index in [1.165, 1.54) is 48.8 Å². The fourth-order valence-electron chi connectivity index (χ4n) is 3.72. The first-order valence-corrected chi connectivity index (χ1v) is 9.46. The standard InChI is InChI=1S/C21H31N5/c1-17-14-19(16-26-12-6-5-7-13-26)25(4)23-11-10-20(17)18-8-9-21(22-2)24(3)15-18/h8-11,14,23H,1,5-7,12-13,15-16H2,2-4H3/b11-10?,19-14?,20-18+,22-21?. The van der Waals surface area contributed by atoms with E-state index in [0.717, 1.165) is 24.1 Å². The Kier molecular flexibility index (Phi) is 5.99. The zero-order valence-electron chi connectivity index (χ0n) is 16.3. The molecular weight excluding hydrogens is 322 g/mol. The van der Waals surface area contributed by atoms with Crippen LogP contribution < -0.4 is 10.4 Å². The first-order chi connectivity index (χ1) is 12.6. The Bertz CT molecular complexity index is 847. The van der Waals surface area contributed by atoms with Crippen molar-refractivity contribution in [3.8, 4) is 0 Å². The predicted octanol–water partition coefficient (Wildman–Crippen LogP) is 1.55. The molecule has 0 amide bonds. The van der Waals surface area contributed by atoms with Crippen molar-refractivity contribution in [2.45, 2.75) is 25.8 Å². The van der Waals surface area contributed by atoms with Crippen LogP contribution in [0.5, 0.6) is 0 Å². The van der Waals surface area contributed by atoms with Gasteiger partial charge in [0.2, 0.25) is 0 Å². The highest BCUT2D eigenvalue weighted by Crippen LogP contribution is 2.11. The molecule has 3 heterocycles. The molecule has 26 heavy (non-hydrogen) atoms. The Morgan fingerprint density at radius 3 is 2.62 bits per heavy atom. The fourth-order valence-corrected chi connectivity index (χ4v) is 3.72. The zero-order valence-corrected chi connectivity index (χ0v) is 16.3. The van der Waals surface area contributed by atoms with Gasteiger partial charge in [-0.1, -0.05) is 19.1 Å². The Labute approximate surface area is 156 Å². The van der Waals surface area contributed by atoms with Gasteiger partial charge in [0, 0.05) is 46.1 Å². The molecule has 0 spiro atoms. The maximum Gasteiger partial charge on any atom is 0.123 e. The molecular formula is C21H31N5. The van der Waals surface area contributed by atoms with Crippen LogP contribution in [-0.2, 0) is 13.6 Å². The molecule has 0 aromatic carbocycles. The van der Waals surface area contributed by atoms with E-state index in [-0.39, 0.29) is 0 Å². The van der Waals surface area contributed by atoms with E-state index in [0.29, 0.717) is 0 Å². The van der Waals surface area contributed by atoms with Crippen molar-refractivity contribution in [1.29, 1.82) is 0 Å². The number of aromatic amines is 1. The summed E-state index contributed by atoms with van der Waals surface area (Å²) in [4.78, 5) is 9.01. The Hall–Kier alpha value is -2.27. The molecule has 1 aromatic rings. The number of aryl methyl sites for hydroxylation is 1. The van der Waals surface area contributed by atoms with Gasteiger partial charge in [0.25, 0.3) is 0 Å². The van der Waals surface area contributed by atoms with Gasteiger partial charge in [0.05, 0.1) is 0 Å². The minimum Gasteiger partial charge on any atom is -0.356 e. The topological polar surface area (TPSA) is 39.6 Å². The summed E-state index contributed by atoms with van der Waals surface area (Å²) in [7, 11) is 5.98. The van der Waals surface area contributed by atoms with Crippen LogP contribution in [0.15, 0.2) is 35.5 Å². The lowest BCUT2D eigenvalue weighted by molar-refractivity contribution is 0.215. The summed E-state index contributed by atoms with van der Waals surface area (Å²) in [5.74, 6) is 1.01. The van der Waals surface area contributed by atoms with Crippen LogP contribution in [-0.4, -0.2) is 59.1 Å². The van der Waals surface area contributed by atoms with Crippen molar-refractivity contribution in [2.24, 2.45) is 12.0 Å². The Balaban J connectivity index is 2.03. The molecule has 0 aliphatic carbocycles. The van der Waals surface area contributed by atoms with E-state index in [2.05, 4.69) is 69.5 Å². The second kappa shape index (κ2) is 8.41. The largest absolute Gasteiger partial charge is 0.356 e. The number of piperidine rings is 1. The SMILES string of the molecule is C=c1cc(CN2CCCCC2)n(C)[nH]cc/c1=C1/C=CC(=NC)N(C)C1. The lowest BCUT2D eigenvalue weighted by Crippen LogP contribution is -2.35. The highest BCUT2D eigenvalue weighted by atomic mass is 15.3. The number of likely N-dealkylation sites (tertiary alicyclic amines) is 1. The minimum atomic E-state index is 0.840. The number of amidine groups is 1. The maximum atomic E-state index is 4.37. The van der Waals surface area contributed by atoms with Crippen molar-refractivity contribution < 1.29 is 0 Å². The van der Waals surface area contributed by atoms with Gasteiger partial charge in [-0.15, -0.1) is 0 Å². The van der Waals surface area contributed by atoms with Crippen LogP contribution in [0.3, 0.4) is 0 Å². The van der Waals surface area contributed by atoms with Crippen LogP contribution in [0.1, 0.15) is 25.0 Å². The van der Waals surface area contributed by atoms with Crippen molar-refractivity contribution in [3.05, 3.63) is 46.6 Å². The number of likely N-dealkylation sites (N-methyl/N-ethyl adjacent to an activating group) is 1. The van der Waals surface area contributed by atoms with E-state index < -0.39 is 0 Å². The number of nitrogens with one attached hydrogen (secondary N) is 1. The molecule has 2 aliphatic rings. The third kappa shape index (κ3) is 4.28. The summed E-state index contributed by atoms with van der Waals surface area (Å²) in [6.07, 6.45) is 10.2. The zero-order chi connectivity index (χ0) is 18.5. The van der Waals surface area contributed by atoms with Crippen molar-refractivity contribution in [2.75, 3.05) is 33.7 Å². The third-order valence-corrected chi connectivity index (χ3v) is 5.28. The quantitative estimate of drug-likeness (QED) is 0.876. The summed E-state index contributed by atoms with van der Waals surface area (Å²) in [5, 5.41) is 5.61. The van der Waals surface area contributed by atoms with Crippen LogP contribution >= 0.6 is 0 Å². The lowest BCUT2D eigenvalue weighted by Gasteiger charge is -2.27. The number of rotatable bonds is 2. The van der Waals surface area contributed by atoms with Crippen molar-refractivity contribution in [1.82, 2.24) is 19.6 Å². The molecule has 5 nitrogen and oxygen atoms in total. The number of nitrogens with zero attached hydrogens (tertiary/aromatic N) is 4. The first kappa shape index (κ1) is 18.5. The molecule has 1 saturated heterocycles. The molecule has 3 rings (SSSR count). The van der Waals surface area contributed by atoms with Crippen LogP contribution in [0.2, 0.25) is 0 Å². The molecule has 1 N–H and O–H groups in total. The molecule has 1 aromatic heterocycles. The fraction of sp³-hybridized carbons (Fsp3) is 0.476.